The van der Waals surface area contributed by atoms with Crippen molar-refractivity contribution in [3.8, 4) is 0 Å². The summed E-state index contributed by atoms with van der Waals surface area (Å²) in [5, 5.41) is 9.23. The zero-order valence-corrected chi connectivity index (χ0v) is 12.5. The number of aryl methyl sites for hydroxylation is 1. The summed E-state index contributed by atoms with van der Waals surface area (Å²) in [4.78, 5) is 14.7. The summed E-state index contributed by atoms with van der Waals surface area (Å²) in [6.07, 6.45) is 0. The number of nitrogens with one attached hydrogen (secondary N) is 1. The number of thiazole rings is 1. The minimum absolute atomic E-state index is 0.0648. The molecule has 2 N–H and O–H groups in total. The van der Waals surface area contributed by atoms with Crippen LogP contribution in [-0.4, -0.2) is 24.5 Å². The Hall–Kier alpha value is -1.84. The van der Waals surface area contributed by atoms with E-state index in [0.717, 1.165) is 23.5 Å². The lowest BCUT2D eigenvalue weighted by molar-refractivity contribution is 0.0701. The molecule has 1 aromatic heterocycles. The van der Waals surface area contributed by atoms with Crippen LogP contribution in [0.4, 0.5) is 4.39 Å². The second-order valence-corrected chi connectivity index (χ2v) is 6.96. The molecule has 1 heterocycles. The van der Waals surface area contributed by atoms with Crippen molar-refractivity contribution in [2.75, 3.05) is 0 Å². The maximum absolute atomic E-state index is 13.0. The summed E-state index contributed by atoms with van der Waals surface area (Å²) in [7, 11) is -3.88. The average molecular weight is 330 g/mol. The molecule has 21 heavy (non-hydrogen) atoms. The molecule has 0 saturated heterocycles. The normalized spacial score (nSPS) is 11.5. The van der Waals surface area contributed by atoms with Crippen molar-refractivity contribution in [3.63, 3.8) is 0 Å². The highest BCUT2D eigenvalue weighted by atomic mass is 32.2. The van der Waals surface area contributed by atoms with Gasteiger partial charge in [0, 0.05) is 0 Å². The molecule has 6 nitrogen and oxygen atoms in total. The number of carbonyl (C=O) groups is 1. The highest BCUT2D eigenvalue weighted by Gasteiger charge is 2.18. The number of benzene rings is 1. The fraction of sp³-hybridized carbons (Fsp3) is 0.167. The largest absolute Gasteiger partial charge is 0.477 e. The van der Waals surface area contributed by atoms with Crippen LogP contribution in [0, 0.1) is 12.7 Å². The molecule has 112 valence electrons. The van der Waals surface area contributed by atoms with Gasteiger partial charge in [-0.1, -0.05) is 6.07 Å². The first-order valence-electron chi connectivity index (χ1n) is 5.74. The van der Waals surface area contributed by atoms with Crippen LogP contribution in [0.5, 0.6) is 0 Å². The Bertz CT molecular complexity index is 786. The molecule has 2 rings (SSSR count). The number of aromatic nitrogens is 1. The molecule has 0 aliphatic rings. The number of rotatable bonds is 5. The van der Waals surface area contributed by atoms with Gasteiger partial charge in [-0.25, -0.2) is 27.3 Å². The van der Waals surface area contributed by atoms with Crippen LogP contribution in [0.15, 0.2) is 29.2 Å². The van der Waals surface area contributed by atoms with Gasteiger partial charge < -0.3 is 5.11 Å². The van der Waals surface area contributed by atoms with Gasteiger partial charge in [-0.3, -0.25) is 0 Å². The quantitative estimate of drug-likeness (QED) is 0.871. The van der Waals surface area contributed by atoms with E-state index in [9.17, 15) is 17.6 Å². The van der Waals surface area contributed by atoms with Crippen LogP contribution < -0.4 is 4.72 Å². The van der Waals surface area contributed by atoms with Gasteiger partial charge in [0.2, 0.25) is 10.0 Å². The summed E-state index contributed by atoms with van der Waals surface area (Å²) in [6.45, 7) is 1.38. The van der Waals surface area contributed by atoms with E-state index < -0.39 is 21.8 Å². The predicted molar refractivity (Wildman–Crippen MR) is 74.2 cm³/mol. The van der Waals surface area contributed by atoms with Crippen molar-refractivity contribution in [1.82, 2.24) is 9.71 Å². The van der Waals surface area contributed by atoms with Crippen LogP contribution in [0.1, 0.15) is 20.4 Å². The van der Waals surface area contributed by atoms with Gasteiger partial charge in [-0.05, 0) is 25.1 Å². The molecule has 0 aliphatic carbocycles. The lowest BCUT2D eigenvalue weighted by Crippen LogP contribution is -2.23. The maximum Gasteiger partial charge on any atom is 0.347 e. The Labute approximate surface area is 124 Å². The molecule has 1 aromatic carbocycles. The number of carboxylic acids is 1. The lowest BCUT2D eigenvalue weighted by Gasteiger charge is -2.04. The van der Waals surface area contributed by atoms with E-state index in [1.807, 2.05) is 0 Å². The van der Waals surface area contributed by atoms with E-state index in [2.05, 4.69) is 9.71 Å². The maximum atomic E-state index is 13.0. The Balaban J connectivity index is 2.15. The van der Waals surface area contributed by atoms with Gasteiger partial charge in [0.1, 0.15) is 15.7 Å². The Morgan fingerprint density at radius 3 is 2.76 bits per heavy atom. The third-order valence-electron chi connectivity index (χ3n) is 2.55. The summed E-state index contributed by atoms with van der Waals surface area (Å²) in [5.74, 6) is -1.76. The molecule has 0 saturated carbocycles. The molecule has 0 radical (unpaired) electrons. The Morgan fingerprint density at radius 1 is 1.48 bits per heavy atom. The number of hydrogen-bond acceptors (Lipinski definition) is 5. The first-order valence-corrected chi connectivity index (χ1v) is 8.04. The molecule has 0 bridgehead atoms. The second kappa shape index (κ2) is 5.88. The fourth-order valence-corrected chi connectivity index (χ4v) is 3.55. The van der Waals surface area contributed by atoms with Crippen LogP contribution >= 0.6 is 11.3 Å². The molecule has 9 heteroatoms. The molecular weight excluding hydrogens is 319 g/mol. The number of aromatic carboxylic acids is 1. The molecule has 0 atom stereocenters. The van der Waals surface area contributed by atoms with Gasteiger partial charge >= 0.3 is 5.97 Å². The minimum Gasteiger partial charge on any atom is -0.477 e. The Morgan fingerprint density at radius 2 is 2.19 bits per heavy atom. The molecule has 0 fully saturated rings. The van der Waals surface area contributed by atoms with Gasteiger partial charge in [-0.15, -0.1) is 11.3 Å². The SMILES string of the molecule is Cc1nc(CNS(=O)(=O)c2cccc(F)c2)sc1C(=O)O. The predicted octanol–water partition coefficient (Wildman–Crippen LogP) is 1.77. The number of carboxylic acid groups (broad SMARTS) is 1. The van der Waals surface area contributed by atoms with Crippen molar-refractivity contribution in [1.29, 1.82) is 0 Å². The van der Waals surface area contributed by atoms with Crippen LogP contribution in [0.2, 0.25) is 0 Å². The first-order chi connectivity index (χ1) is 9.79. The monoisotopic (exact) mass is 330 g/mol. The Kier molecular flexibility index (Phi) is 4.35. The van der Waals surface area contributed by atoms with E-state index in [1.54, 1.807) is 0 Å². The molecule has 0 spiro atoms. The molecule has 2 aromatic rings. The van der Waals surface area contributed by atoms with Crippen LogP contribution in [-0.2, 0) is 16.6 Å². The zero-order valence-electron chi connectivity index (χ0n) is 10.8. The highest BCUT2D eigenvalue weighted by molar-refractivity contribution is 7.89. The van der Waals surface area contributed by atoms with E-state index in [0.29, 0.717) is 10.7 Å². The zero-order chi connectivity index (χ0) is 15.6. The summed E-state index contributed by atoms with van der Waals surface area (Å²) >= 11 is 0.895. The molecular formula is C12H11FN2O4S2. The van der Waals surface area contributed by atoms with Crippen LogP contribution in [0.25, 0.3) is 0 Å². The lowest BCUT2D eigenvalue weighted by atomic mass is 10.4. The van der Waals surface area contributed by atoms with Crippen LogP contribution in [0.3, 0.4) is 0 Å². The van der Waals surface area contributed by atoms with Crippen molar-refractivity contribution in [2.45, 2.75) is 18.4 Å². The van der Waals surface area contributed by atoms with Crippen molar-refractivity contribution < 1.29 is 22.7 Å². The van der Waals surface area contributed by atoms with Gasteiger partial charge in [0.15, 0.2) is 0 Å². The molecule has 0 aliphatic heterocycles. The fourth-order valence-electron chi connectivity index (χ4n) is 1.60. The number of nitrogens with zero attached hydrogens (tertiary/aromatic N) is 1. The average Bonchev–Trinajstić information content (AvgIpc) is 2.78. The third kappa shape index (κ3) is 3.63. The van der Waals surface area contributed by atoms with Crippen molar-refractivity contribution >= 4 is 27.3 Å². The van der Waals surface area contributed by atoms with E-state index >= 15 is 0 Å². The van der Waals surface area contributed by atoms with E-state index in [4.69, 9.17) is 5.11 Å². The summed E-state index contributed by atoms with van der Waals surface area (Å²) in [6, 6.07) is 4.60. The standard InChI is InChI=1S/C12H11FN2O4S2/c1-7-11(12(16)17)20-10(15-7)6-14-21(18,19)9-4-2-3-8(13)5-9/h2-5,14H,6H2,1H3,(H,16,17). The van der Waals surface area contributed by atoms with E-state index in [1.165, 1.54) is 19.1 Å². The van der Waals surface area contributed by atoms with Gasteiger partial charge in [0.25, 0.3) is 0 Å². The number of halogens is 1. The summed E-state index contributed by atoms with van der Waals surface area (Å²) in [5.41, 5.74) is 0.326. The minimum atomic E-state index is -3.88. The van der Waals surface area contributed by atoms with Gasteiger partial charge in [-0.2, -0.15) is 0 Å². The smallest absolute Gasteiger partial charge is 0.347 e. The molecule has 0 amide bonds. The second-order valence-electron chi connectivity index (χ2n) is 4.11. The summed E-state index contributed by atoms with van der Waals surface area (Å²) < 4.78 is 39.2. The van der Waals surface area contributed by atoms with Gasteiger partial charge in [0.05, 0.1) is 17.1 Å². The highest BCUT2D eigenvalue weighted by Crippen LogP contribution is 2.18. The van der Waals surface area contributed by atoms with Crippen molar-refractivity contribution in [2.24, 2.45) is 0 Å². The number of sulfonamides is 1. The third-order valence-corrected chi connectivity index (χ3v) is 5.10. The first kappa shape index (κ1) is 15.5. The molecule has 0 unspecified atom stereocenters. The van der Waals surface area contributed by atoms with E-state index in [-0.39, 0.29) is 16.3 Å². The van der Waals surface area contributed by atoms with Crippen molar-refractivity contribution in [3.05, 3.63) is 45.7 Å². The topological polar surface area (TPSA) is 96.4 Å². The number of hydrogen-bond donors (Lipinski definition) is 2.